The predicted molar refractivity (Wildman–Crippen MR) is 90.1 cm³/mol. The van der Waals surface area contributed by atoms with Crippen LogP contribution in [0.25, 0.3) is 22.2 Å². The lowest BCUT2D eigenvalue weighted by Gasteiger charge is -2.19. The minimum atomic E-state index is -1.02. The van der Waals surface area contributed by atoms with Gasteiger partial charge in [-0.1, -0.05) is 11.6 Å². The Morgan fingerprint density at radius 1 is 1.04 bits per heavy atom. The van der Waals surface area contributed by atoms with E-state index in [-0.39, 0.29) is 5.56 Å². The van der Waals surface area contributed by atoms with Crippen LogP contribution in [-0.4, -0.2) is 29.3 Å². The van der Waals surface area contributed by atoms with Crippen LogP contribution < -0.4 is 9.47 Å². The number of rotatable bonds is 2. The first-order chi connectivity index (χ1) is 11.6. The molecule has 24 heavy (non-hydrogen) atoms. The first-order valence-electron chi connectivity index (χ1n) is 7.35. The monoisotopic (exact) mass is 341 g/mol. The number of benzene rings is 2. The first-order valence-corrected chi connectivity index (χ1v) is 7.73. The van der Waals surface area contributed by atoms with Gasteiger partial charge in [0.1, 0.15) is 13.2 Å². The summed E-state index contributed by atoms with van der Waals surface area (Å²) in [6, 6.07) is 12.0. The molecule has 0 saturated heterocycles. The van der Waals surface area contributed by atoms with Crippen LogP contribution in [0.3, 0.4) is 0 Å². The number of carboxylic acids is 1. The molecule has 1 aromatic heterocycles. The molecule has 5 nitrogen and oxygen atoms in total. The molecule has 1 N–H and O–H groups in total. The Morgan fingerprint density at radius 3 is 2.62 bits per heavy atom. The molecule has 0 atom stereocenters. The second kappa shape index (κ2) is 5.69. The van der Waals surface area contributed by atoms with Crippen molar-refractivity contribution in [2.75, 3.05) is 13.2 Å². The molecule has 1 aliphatic rings. The van der Waals surface area contributed by atoms with Crippen LogP contribution in [0, 0.1) is 0 Å². The van der Waals surface area contributed by atoms with Crippen molar-refractivity contribution in [3.05, 3.63) is 53.1 Å². The van der Waals surface area contributed by atoms with E-state index >= 15 is 0 Å². The summed E-state index contributed by atoms with van der Waals surface area (Å²) in [5.41, 5.74) is 2.05. The molecule has 2 aromatic carbocycles. The van der Waals surface area contributed by atoms with Gasteiger partial charge >= 0.3 is 5.97 Å². The molecule has 0 bridgehead atoms. The Labute approximate surface area is 142 Å². The minimum Gasteiger partial charge on any atom is -0.486 e. The summed E-state index contributed by atoms with van der Waals surface area (Å²) < 4.78 is 11.1. The molecule has 0 spiro atoms. The van der Waals surface area contributed by atoms with Crippen molar-refractivity contribution in [2.45, 2.75) is 0 Å². The van der Waals surface area contributed by atoms with E-state index in [9.17, 15) is 9.90 Å². The number of halogens is 1. The summed E-state index contributed by atoms with van der Waals surface area (Å²) >= 11 is 5.98. The fourth-order valence-electron chi connectivity index (χ4n) is 2.73. The molecule has 0 amide bonds. The summed E-state index contributed by atoms with van der Waals surface area (Å²) in [6.07, 6.45) is 0. The Hall–Kier alpha value is -2.79. The molecular weight excluding hydrogens is 330 g/mol. The Bertz CT molecular complexity index is 971. The molecule has 0 unspecified atom stereocenters. The lowest BCUT2D eigenvalue weighted by Crippen LogP contribution is -2.15. The maximum atomic E-state index is 11.6. The zero-order chi connectivity index (χ0) is 16.7. The highest BCUT2D eigenvalue weighted by atomic mass is 35.5. The van der Waals surface area contributed by atoms with E-state index in [2.05, 4.69) is 4.98 Å². The number of aromatic carboxylic acids is 1. The van der Waals surface area contributed by atoms with Gasteiger partial charge in [0.2, 0.25) is 0 Å². The van der Waals surface area contributed by atoms with Gasteiger partial charge in [-0.2, -0.15) is 0 Å². The molecule has 0 radical (unpaired) electrons. The third-order valence-electron chi connectivity index (χ3n) is 3.84. The molecule has 0 fully saturated rings. The van der Waals surface area contributed by atoms with E-state index in [1.807, 2.05) is 12.1 Å². The highest BCUT2D eigenvalue weighted by Crippen LogP contribution is 2.35. The highest BCUT2D eigenvalue weighted by molar-refractivity contribution is 6.31. The van der Waals surface area contributed by atoms with Crippen molar-refractivity contribution < 1.29 is 19.4 Å². The normalized spacial score (nSPS) is 13.0. The number of pyridine rings is 1. The molecule has 2 heterocycles. The van der Waals surface area contributed by atoms with Crippen LogP contribution in [-0.2, 0) is 0 Å². The van der Waals surface area contributed by atoms with E-state index in [0.29, 0.717) is 46.3 Å². The number of nitrogens with zero attached hydrogens (tertiary/aromatic N) is 1. The van der Waals surface area contributed by atoms with Gasteiger partial charge < -0.3 is 14.6 Å². The summed E-state index contributed by atoms with van der Waals surface area (Å²) in [5, 5.41) is 10.5. The van der Waals surface area contributed by atoms with Gasteiger partial charge in [-0.05, 0) is 42.5 Å². The second-order valence-electron chi connectivity index (χ2n) is 5.38. The summed E-state index contributed by atoms with van der Waals surface area (Å²) in [6.45, 7) is 1.00. The predicted octanol–water partition coefficient (Wildman–Crippen LogP) is 4.02. The minimum absolute atomic E-state index is 0.160. The number of ether oxygens (including phenoxy) is 2. The van der Waals surface area contributed by atoms with Crippen LogP contribution in [0.15, 0.2) is 42.5 Å². The Balaban J connectivity index is 1.91. The number of hydrogen-bond donors (Lipinski definition) is 1. The van der Waals surface area contributed by atoms with Crippen molar-refractivity contribution in [1.82, 2.24) is 4.98 Å². The largest absolute Gasteiger partial charge is 0.486 e. The number of carboxylic acid groups (broad SMARTS) is 1. The van der Waals surface area contributed by atoms with E-state index in [1.165, 1.54) is 0 Å². The van der Waals surface area contributed by atoms with Crippen LogP contribution >= 0.6 is 11.6 Å². The van der Waals surface area contributed by atoms with Gasteiger partial charge in [-0.15, -0.1) is 0 Å². The van der Waals surface area contributed by atoms with Crippen LogP contribution in [0.1, 0.15) is 10.4 Å². The average molecular weight is 342 g/mol. The quantitative estimate of drug-likeness (QED) is 0.762. The second-order valence-corrected chi connectivity index (χ2v) is 5.82. The van der Waals surface area contributed by atoms with Crippen molar-refractivity contribution in [3.63, 3.8) is 0 Å². The van der Waals surface area contributed by atoms with E-state index in [4.69, 9.17) is 21.1 Å². The first kappa shape index (κ1) is 14.8. The van der Waals surface area contributed by atoms with E-state index in [1.54, 1.807) is 30.3 Å². The van der Waals surface area contributed by atoms with Gasteiger partial charge in [-0.25, -0.2) is 9.78 Å². The lowest BCUT2D eigenvalue weighted by molar-refractivity contribution is 0.0699. The van der Waals surface area contributed by atoms with Crippen LogP contribution in [0.4, 0.5) is 0 Å². The van der Waals surface area contributed by atoms with Gasteiger partial charge in [0.15, 0.2) is 11.5 Å². The van der Waals surface area contributed by atoms with Crippen molar-refractivity contribution in [3.8, 4) is 22.8 Å². The smallest absolute Gasteiger partial charge is 0.336 e. The van der Waals surface area contributed by atoms with Crippen molar-refractivity contribution >= 4 is 28.5 Å². The number of aromatic nitrogens is 1. The fourth-order valence-corrected chi connectivity index (χ4v) is 2.90. The standard InChI is InChI=1S/C18H12ClNO4/c19-11-2-3-14-12(8-11)13(18(21)22)9-15(20-14)10-1-4-16-17(7-10)24-6-5-23-16/h1-4,7-9H,5-6H2,(H,21,22). The summed E-state index contributed by atoms with van der Waals surface area (Å²) in [5.74, 6) is 0.285. The Morgan fingerprint density at radius 2 is 1.83 bits per heavy atom. The third-order valence-corrected chi connectivity index (χ3v) is 4.07. The number of fused-ring (bicyclic) bond motifs is 2. The Kier molecular flexibility index (Phi) is 3.50. The van der Waals surface area contributed by atoms with Crippen molar-refractivity contribution in [1.29, 1.82) is 0 Å². The molecule has 1 aliphatic heterocycles. The zero-order valence-corrected chi connectivity index (χ0v) is 13.2. The highest BCUT2D eigenvalue weighted by Gasteiger charge is 2.16. The molecular formula is C18H12ClNO4. The van der Waals surface area contributed by atoms with E-state index < -0.39 is 5.97 Å². The van der Waals surface area contributed by atoms with E-state index in [0.717, 1.165) is 5.56 Å². The molecule has 6 heteroatoms. The summed E-state index contributed by atoms with van der Waals surface area (Å²) in [4.78, 5) is 16.2. The van der Waals surface area contributed by atoms with Crippen LogP contribution in [0.2, 0.25) is 5.02 Å². The fraction of sp³-hybridized carbons (Fsp3) is 0.111. The van der Waals surface area contributed by atoms with Crippen molar-refractivity contribution in [2.24, 2.45) is 0 Å². The lowest BCUT2D eigenvalue weighted by atomic mass is 10.0. The average Bonchev–Trinajstić information content (AvgIpc) is 2.60. The van der Waals surface area contributed by atoms with Gasteiger partial charge in [0.25, 0.3) is 0 Å². The summed E-state index contributed by atoms with van der Waals surface area (Å²) in [7, 11) is 0. The van der Waals surface area contributed by atoms with Gasteiger partial charge in [0.05, 0.1) is 16.8 Å². The number of carbonyl (C=O) groups is 1. The molecule has 0 aliphatic carbocycles. The van der Waals surface area contributed by atoms with Crippen LogP contribution in [0.5, 0.6) is 11.5 Å². The maximum absolute atomic E-state index is 11.6. The SMILES string of the molecule is O=C(O)c1cc(-c2ccc3c(c2)OCCO3)nc2ccc(Cl)cc12. The topological polar surface area (TPSA) is 68.7 Å². The molecule has 3 aromatic rings. The number of hydrogen-bond acceptors (Lipinski definition) is 4. The zero-order valence-electron chi connectivity index (χ0n) is 12.5. The maximum Gasteiger partial charge on any atom is 0.336 e. The van der Waals surface area contributed by atoms with Gasteiger partial charge in [-0.3, -0.25) is 0 Å². The van der Waals surface area contributed by atoms with Gasteiger partial charge in [0, 0.05) is 16.0 Å². The molecule has 4 rings (SSSR count). The molecule has 0 saturated carbocycles. The molecule has 120 valence electrons. The third kappa shape index (κ3) is 2.53.